The van der Waals surface area contributed by atoms with Crippen molar-refractivity contribution in [3.63, 3.8) is 0 Å². The standard InChI is InChI=1S/C20H25ClN2O6S/c1-6-28-19-10-14(9-16(21)20(19)29-13(2)3)12-22-23-30(24,25)15-7-8-17(26-4)18(11-15)27-5/h7-13,23H,6H2,1-5H3/b22-12+. The molecule has 0 atom stereocenters. The number of benzene rings is 2. The molecule has 0 spiro atoms. The summed E-state index contributed by atoms with van der Waals surface area (Å²) < 4.78 is 46.6. The fourth-order valence-corrected chi connectivity index (χ4v) is 3.55. The molecule has 0 saturated heterocycles. The molecule has 0 aliphatic heterocycles. The van der Waals surface area contributed by atoms with Gasteiger partial charge >= 0.3 is 0 Å². The minimum absolute atomic E-state index is 0.0222. The van der Waals surface area contributed by atoms with E-state index >= 15 is 0 Å². The Labute approximate surface area is 181 Å². The summed E-state index contributed by atoms with van der Waals surface area (Å²) in [5, 5.41) is 4.16. The highest BCUT2D eigenvalue weighted by Gasteiger charge is 2.17. The van der Waals surface area contributed by atoms with E-state index < -0.39 is 10.0 Å². The predicted molar refractivity (Wildman–Crippen MR) is 116 cm³/mol. The van der Waals surface area contributed by atoms with Gasteiger partial charge in [-0.1, -0.05) is 11.6 Å². The number of rotatable bonds is 10. The molecule has 10 heteroatoms. The summed E-state index contributed by atoms with van der Waals surface area (Å²) in [4.78, 5) is 2.14. The largest absolute Gasteiger partial charge is 0.493 e. The van der Waals surface area contributed by atoms with Gasteiger partial charge in [-0.15, -0.1) is 0 Å². The van der Waals surface area contributed by atoms with Crippen molar-refractivity contribution in [1.82, 2.24) is 4.83 Å². The van der Waals surface area contributed by atoms with E-state index in [9.17, 15) is 8.42 Å². The van der Waals surface area contributed by atoms with Gasteiger partial charge in [0.05, 0.1) is 43.1 Å². The molecule has 2 aromatic carbocycles. The van der Waals surface area contributed by atoms with Gasteiger partial charge in [-0.2, -0.15) is 13.5 Å². The lowest BCUT2D eigenvalue weighted by Gasteiger charge is -2.16. The number of hydrogen-bond acceptors (Lipinski definition) is 7. The summed E-state index contributed by atoms with van der Waals surface area (Å²) in [6.45, 7) is 6.01. The number of nitrogens with one attached hydrogen (secondary N) is 1. The number of nitrogens with zero attached hydrogens (tertiary/aromatic N) is 1. The molecule has 0 aliphatic carbocycles. The van der Waals surface area contributed by atoms with Crippen LogP contribution in [0.1, 0.15) is 26.3 Å². The van der Waals surface area contributed by atoms with Crippen molar-refractivity contribution in [2.75, 3.05) is 20.8 Å². The van der Waals surface area contributed by atoms with Crippen molar-refractivity contribution in [2.45, 2.75) is 31.8 Å². The van der Waals surface area contributed by atoms with E-state index in [0.717, 1.165) is 0 Å². The lowest BCUT2D eigenvalue weighted by molar-refractivity contribution is 0.224. The van der Waals surface area contributed by atoms with Crippen LogP contribution in [0.5, 0.6) is 23.0 Å². The van der Waals surface area contributed by atoms with E-state index in [1.54, 1.807) is 12.1 Å². The highest BCUT2D eigenvalue weighted by molar-refractivity contribution is 7.89. The van der Waals surface area contributed by atoms with E-state index in [2.05, 4.69) is 9.93 Å². The maximum Gasteiger partial charge on any atom is 0.276 e. The zero-order valence-corrected chi connectivity index (χ0v) is 19.0. The fourth-order valence-electron chi connectivity index (χ4n) is 2.48. The first kappa shape index (κ1) is 23.6. The number of hydrazone groups is 1. The summed E-state index contributed by atoms with van der Waals surface area (Å²) in [7, 11) is -1.03. The summed E-state index contributed by atoms with van der Waals surface area (Å²) in [6.07, 6.45) is 1.24. The number of sulfonamides is 1. The van der Waals surface area contributed by atoms with Crippen LogP contribution in [0.3, 0.4) is 0 Å². The number of methoxy groups -OCH3 is 2. The summed E-state index contributed by atoms with van der Waals surface area (Å²) in [5.74, 6) is 1.58. The van der Waals surface area contributed by atoms with Crippen LogP contribution >= 0.6 is 11.6 Å². The van der Waals surface area contributed by atoms with Crippen molar-refractivity contribution in [3.8, 4) is 23.0 Å². The third-order valence-corrected chi connectivity index (χ3v) is 5.24. The average molecular weight is 457 g/mol. The van der Waals surface area contributed by atoms with Gasteiger partial charge in [0.1, 0.15) is 0 Å². The number of halogens is 1. The van der Waals surface area contributed by atoms with E-state index in [-0.39, 0.29) is 11.0 Å². The molecule has 2 aromatic rings. The zero-order valence-electron chi connectivity index (χ0n) is 17.4. The van der Waals surface area contributed by atoms with Crippen LogP contribution in [0.4, 0.5) is 0 Å². The Balaban J connectivity index is 2.25. The first-order valence-corrected chi connectivity index (χ1v) is 11.0. The molecule has 1 N–H and O–H groups in total. The van der Waals surface area contributed by atoms with E-state index in [4.69, 9.17) is 30.5 Å². The molecule has 0 radical (unpaired) electrons. The van der Waals surface area contributed by atoms with Crippen LogP contribution in [0.2, 0.25) is 5.02 Å². The van der Waals surface area contributed by atoms with Gasteiger partial charge in [0.15, 0.2) is 23.0 Å². The zero-order chi connectivity index (χ0) is 22.3. The van der Waals surface area contributed by atoms with Crippen molar-refractivity contribution in [2.24, 2.45) is 5.10 Å². The van der Waals surface area contributed by atoms with Crippen LogP contribution in [0, 0.1) is 0 Å². The monoisotopic (exact) mass is 456 g/mol. The van der Waals surface area contributed by atoms with Gasteiger partial charge in [-0.25, -0.2) is 4.83 Å². The van der Waals surface area contributed by atoms with Crippen molar-refractivity contribution < 1.29 is 27.4 Å². The molecule has 0 fully saturated rings. The van der Waals surface area contributed by atoms with Gasteiger partial charge in [-0.3, -0.25) is 0 Å². The molecule has 0 aliphatic rings. The smallest absolute Gasteiger partial charge is 0.276 e. The molecule has 0 heterocycles. The SMILES string of the molecule is CCOc1cc(/C=N/NS(=O)(=O)c2ccc(OC)c(OC)c2)cc(Cl)c1OC(C)C. The van der Waals surface area contributed by atoms with E-state index in [1.807, 2.05) is 20.8 Å². The average Bonchev–Trinajstić information content (AvgIpc) is 2.69. The summed E-state index contributed by atoms with van der Waals surface area (Å²) in [6, 6.07) is 7.51. The Bertz CT molecular complexity index is 1010. The van der Waals surface area contributed by atoms with Crippen LogP contribution in [-0.2, 0) is 10.0 Å². The second-order valence-corrected chi connectivity index (χ2v) is 8.37. The van der Waals surface area contributed by atoms with E-state index in [1.165, 1.54) is 38.6 Å². The second kappa shape index (κ2) is 10.4. The van der Waals surface area contributed by atoms with Gasteiger partial charge in [0, 0.05) is 6.07 Å². The predicted octanol–water partition coefficient (Wildman–Crippen LogP) is 3.86. The molecule has 8 nitrogen and oxygen atoms in total. The topological polar surface area (TPSA) is 95.5 Å². The van der Waals surface area contributed by atoms with Gasteiger partial charge in [0.25, 0.3) is 10.0 Å². The lowest BCUT2D eigenvalue weighted by Crippen LogP contribution is -2.18. The minimum Gasteiger partial charge on any atom is -0.493 e. The Morgan fingerprint density at radius 1 is 1.10 bits per heavy atom. The van der Waals surface area contributed by atoms with Gasteiger partial charge < -0.3 is 18.9 Å². The molecular weight excluding hydrogens is 432 g/mol. The van der Waals surface area contributed by atoms with E-state index in [0.29, 0.717) is 40.2 Å². The molecule has 2 rings (SSSR count). The summed E-state index contributed by atoms with van der Waals surface area (Å²) in [5.41, 5.74) is 0.537. The molecule has 0 amide bonds. The maximum atomic E-state index is 12.5. The van der Waals surface area contributed by atoms with Crippen LogP contribution in [0.25, 0.3) is 0 Å². The number of ether oxygens (including phenoxy) is 4. The van der Waals surface area contributed by atoms with Crippen molar-refractivity contribution in [3.05, 3.63) is 40.9 Å². The molecule has 0 unspecified atom stereocenters. The highest BCUT2D eigenvalue weighted by Crippen LogP contribution is 2.37. The normalized spacial score (nSPS) is 11.6. The van der Waals surface area contributed by atoms with Crippen LogP contribution in [0.15, 0.2) is 40.3 Å². The van der Waals surface area contributed by atoms with Crippen molar-refractivity contribution >= 4 is 27.8 Å². The minimum atomic E-state index is -3.91. The third kappa shape index (κ3) is 5.93. The van der Waals surface area contributed by atoms with Crippen LogP contribution < -0.4 is 23.8 Å². The Morgan fingerprint density at radius 2 is 1.80 bits per heavy atom. The first-order valence-electron chi connectivity index (χ1n) is 9.11. The quantitative estimate of drug-likeness (QED) is 0.431. The fraction of sp³-hybridized carbons (Fsp3) is 0.350. The van der Waals surface area contributed by atoms with Gasteiger partial charge in [-0.05, 0) is 50.6 Å². The first-order chi connectivity index (χ1) is 14.2. The molecule has 30 heavy (non-hydrogen) atoms. The second-order valence-electron chi connectivity index (χ2n) is 6.30. The Morgan fingerprint density at radius 3 is 2.40 bits per heavy atom. The highest BCUT2D eigenvalue weighted by atomic mass is 35.5. The summed E-state index contributed by atoms with van der Waals surface area (Å²) >= 11 is 6.31. The molecule has 164 valence electrons. The molecule has 0 aromatic heterocycles. The third-order valence-electron chi connectivity index (χ3n) is 3.74. The lowest BCUT2D eigenvalue weighted by atomic mass is 10.2. The van der Waals surface area contributed by atoms with Gasteiger partial charge in [0.2, 0.25) is 0 Å². The van der Waals surface area contributed by atoms with Crippen LogP contribution in [-0.4, -0.2) is 41.6 Å². The molecule has 0 bridgehead atoms. The molecular formula is C20H25ClN2O6S. The number of hydrogen-bond donors (Lipinski definition) is 1. The Hall–Kier alpha value is -2.65. The van der Waals surface area contributed by atoms with Crippen molar-refractivity contribution in [1.29, 1.82) is 0 Å². The Kier molecular flexibility index (Phi) is 8.19. The maximum absolute atomic E-state index is 12.5. The molecule has 0 saturated carbocycles.